The molecule has 2 rings (SSSR count). The lowest BCUT2D eigenvalue weighted by molar-refractivity contribution is -0.136. The molecule has 0 aromatic heterocycles. The maximum atomic E-state index is 12.1. The van der Waals surface area contributed by atoms with E-state index in [-0.39, 0.29) is 5.91 Å². The van der Waals surface area contributed by atoms with Crippen molar-refractivity contribution in [1.82, 2.24) is 9.80 Å². The number of carbonyl (C=O) groups is 1. The number of hydrogen-bond donors (Lipinski definition) is 0. The maximum Gasteiger partial charge on any atom is 0.236 e. The predicted octanol–water partition coefficient (Wildman–Crippen LogP) is 1.63. The zero-order valence-corrected chi connectivity index (χ0v) is 11.9. The van der Waals surface area contributed by atoms with Crippen LogP contribution in [0.25, 0.3) is 0 Å². The second-order valence-electron chi connectivity index (χ2n) is 4.76. The number of nitrogens with zero attached hydrogens (tertiary/aromatic N) is 2. The van der Waals surface area contributed by atoms with Crippen molar-refractivity contribution in [3.8, 4) is 0 Å². The number of morpholine rings is 1. The van der Waals surface area contributed by atoms with Crippen LogP contribution in [-0.2, 0) is 16.1 Å². The van der Waals surface area contributed by atoms with Crippen molar-refractivity contribution in [1.29, 1.82) is 0 Å². The fraction of sp³-hybridized carbons (Fsp3) is 0.500. The van der Waals surface area contributed by atoms with E-state index in [9.17, 15) is 4.79 Å². The van der Waals surface area contributed by atoms with Crippen molar-refractivity contribution < 1.29 is 9.53 Å². The van der Waals surface area contributed by atoms with E-state index in [2.05, 4.69) is 0 Å². The van der Waals surface area contributed by atoms with Crippen LogP contribution in [0.15, 0.2) is 24.3 Å². The highest BCUT2D eigenvalue weighted by molar-refractivity contribution is 6.31. The molecule has 0 N–H and O–H groups in total. The van der Waals surface area contributed by atoms with E-state index in [0.29, 0.717) is 39.4 Å². The summed E-state index contributed by atoms with van der Waals surface area (Å²) in [5.41, 5.74) is 1.04. The SMILES string of the molecule is CN(CC(=O)N1CCOCC1)Cc1ccccc1Cl. The van der Waals surface area contributed by atoms with Gasteiger partial charge in [0.15, 0.2) is 0 Å². The van der Waals surface area contributed by atoms with Crippen LogP contribution in [0.3, 0.4) is 0 Å². The van der Waals surface area contributed by atoms with E-state index >= 15 is 0 Å². The van der Waals surface area contributed by atoms with Gasteiger partial charge in [-0.25, -0.2) is 0 Å². The fourth-order valence-electron chi connectivity index (χ4n) is 2.12. The average molecular weight is 283 g/mol. The highest BCUT2D eigenvalue weighted by Crippen LogP contribution is 2.16. The first-order valence-electron chi connectivity index (χ1n) is 6.44. The summed E-state index contributed by atoms with van der Waals surface area (Å²) in [5.74, 6) is 0.151. The lowest BCUT2D eigenvalue weighted by atomic mass is 10.2. The van der Waals surface area contributed by atoms with Crippen LogP contribution in [0.5, 0.6) is 0 Å². The highest BCUT2D eigenvalue weighted by atomic mass is 35.5. The molecule has 19 heavy (non-hydrogen) atoms. The zero-order chi connectivity index (χ0) is 13.7. The second-order valence-corrected chi connectivity index (χ2v) is 5.16. The summed E-state index contributed by atoms with van der Waals surface area (Å²) in [6.45, 7) is 3.75. The van der Waals surface area contributed by atoms with Crippen molar-refractivity contribution >= 4 is 17.5 Å². The van der Waals surface area contributed by atoms with Gasteiger partial charge >= 0.3 is 0 Å². The Morgan fingerprint density at radius 2 is 2.05 bits per heavy atom. The largest absolute Gasteiger partial charge is 0.378 e. The fourth-order valence-corrected chi connectivity index (χ4v) is 2.31. The molecule has 1 heterocycles. The second kappa shape index (κ2) is 6.89. The number of likely N-dealkylation sites (N-methyl/N-ethyl adjacent to an activating group) is 1. The van der Waals surface area contributed by atoms with Crippen LogP contribution in [0.1, 0.15) is 5.56 Å². The van der Waals surface area contributed by atoms with E-state index in [1.807, 2.05) is 41.1 Å². The first kappa shape index (κ1) is 14.3. The molecule has 104 valence electrons. The van der Waals surface area contributed by atoms with Gasteiger partial charge in [0.2, 0.25) is 5.91 Å². The van der Waals surface area contributed by atoms with E-state index < -0.39 is 0 Å². The predicted molar refractivity (Wildman–Crippen MR) is 75.2 cm³/mol. The standard InChI is InChI=1S/C14H19ClN2O2/c1-16(10-12-4-2-3-5-13(12)15)11-14(18)17-6-8-19-9-7-17/h2-5H,6-11H2,1H3. The van der Waals surface area contributed by atoms with E-state index in [1.54, 1.807) is 0 Å². The minimum Gasteiger partial charge on any atom is -0.378 e. The molecule has 0 bridgehead atoms. The number of halogens is 1. The number of rotatable bonds is 4. The molecule has 1 aromatic rings. The smallest absolute Gasteiger partial charge is 0.236 e. The molecule has 0 saturated carbocycles. The lowest BCUT2D eigenvalue weighted by Gasteiger charge is -2.28. The Kier molecular flexibility index (Phi) is 5.19. The number of carbonyl (C=O) groups excluding carboxylic acids is 1. The molecule has 0 aliphatic carbocycles. The lowest BCUT2D eigenvalue weighted by Crippen LogP contribution is -2.44. The van der Waals surface area contributed by atoms with E-state index in [4.69, 9.17) is 16.3 Å². The minimum atomic E-state index is 0.151. The average Bonchev–Trinajstić information content (AvgIpc) is 2.42. The molecule has 1 aromatic carbocycles. The summed E-state index contributed by atoms with van der Waals surface area (Å²) in [6, 6.07) is 7.72. The first-order chi connectivity index (χ1) is 9.16. The Balaban J connectivity index is 1.85. The number of hydrogen-bond acceptors (Lipinski definition) is 3. The monoisotopic (exact) mass is 282 g/mol. The van der Waals surface area contributed by atoms with Crippen molar-refractivity contribution in [2.45, 2.75) is 6.54 Å². The number of benzene rings is 1. The molecule has 0 unspecified atom stereocenters. The van der Waals surface area contributed by atoms with Gasteiger partial charge in [0, 0.05) is 24.7 Å². The highest BCUT2D eigenvalue weighted by Gasteiger charge is 2.18. The summed E-state index contributed by atoms with van der Waals surface area (Å²) < 4.78 is 5.24. The number of ether oxygens (including phenoxy) is 1. The molecule has 5 heteroatoms. The molecule has 1 fully saturated rings. The van der Waals surface area contributed by atoms with Gasteiger partial charge in [0.1, 0.15) is 0 Å². The Hall–Kier alpha value is -1.10. The van der Waals surface area contributed by atoms with Gasteiger partial charge in [-0.05, 0) is 18.7 Å². The van der Waals surface area contributed by atoms with Gasteiger partial charge in [-0.15, -0.1) is 0 Å². The van der Waals surface area contributed by atoms with E-state index in [1.165, 1.54) is 0 Å². The van der Waals surface area contributed by atoms with Crippen molar-refractivity contribution in [2.75, 3.05) is 39.9 Å². The van der Waals surface area contributed by atoms with Crippen LogP contribution >= 0.6 is 11.6 Å². The maximum absolute atomic E-state index is 12.1. The molecule has 1 amide bonds. The van der Waals surface area contributed by atoms with Gasteiger partial charge < -0.3 is 9.64 Å². The van der Waals surface area contributed by atoms with Gasteiger partial charge in [-0.1, -0.05) is 29.8 Å². The Labute approximate surface area is 118 Å². The van der Waals surface area contributed by atoms with Crippen LogP contribution < -0.4 is 0 Å². The first-order valence-corrected chi connectivity index (χ1v) is 6.82. The third-order valence-electron chi connectivity index (χ3n) is 3.17. The Bertz CT molecular complexity index is 433. The van der Waals surface area contributed by atoms with Crippen LogP contribution in [-0.4, -0.2) is 55.6 Å². The van der Waals surface area contributed by atoms with Crippen LogP contribution in [0, 0.1) is 0 Å². The van der Waals surface area contributed by atoms with Gasteiger partial charge in [-0.3, -0.25) is 9.69 Å². The van der Waals surface area contributed by atoms with Crippen LogP contribution in [0.4, 0.5) is 0 Å². The summed E-state index contributed by atoms with van der Waals surface area (Å²) in [7, 11) is 1.93. The van der Waals surface area contributed by atoms with Crippen molar-refractivity contribution in [3.63, 3.8) is 0 Å². The van der Waals surface area contributed by atoms with Gasteiger partial charge in [-0.2, -0.15) is 0 Å². The van der Waals surface area contributed by atoms with E-state index in [0.717, 1.165) is 10.6 Å². The van der Waals surface area contributed by atoms with Gasteiger partial charge in [0.25, 0.3) is 0 Å². The normalized spacial score (nSPS) is 15.8. The topological polar surface area (TPSA) is 32.8 Å². The minimum absolute atomic E-state index is 0.151. The summed E-state index contributed by atoms with van der Waals surface area (Å²) in [4.78, 5) is 15.9. The van der Waals surface area contributed by atoms with Crippen molar-refractivity contribution in [2.24, 2.45) is 0 Å². The summed E-state index contributed by atoms with van der Waals surface area (Å²) in [5, 5.41) is 0.744. The molecule has 1 aliphatic heterocycles. The zero-order valence-electron chi connectivity index (χ0n) is 11.1. The Morgan fingerprint density at radius 1 is 1.37 bits per heavy atom. The summed E-state index contributed by atoms with van der Waals surface area (Å²) >= 11 is 6.12. The molecule has 0 atom stereocenters. The summed E-state index contributed by atoms with van der Waals surface area (Å²) in [6.07, 6.45) is 0. The molecule has 0 radical (unpaired) electrons. The quantitative estimate of drug-likeness (QED) is 0.841. The molecule has 4 nitrogen and oxygen atoms in total. The van der Waals surface area contributed by atoms with Gasteiger partial charge in [0.05, 0.1) is 19.8 Å². The molecule has 1 saturated heterocycles. The third-order valence-corrected chi connectivity index (χ3v) is 3.54. The Morgan fingerprint density at radius 3 is 2.74 bits per heavy atom. The molecular weight excluding hydrogens is 264 g/mol. The third kappa shape index (κ3) is 4.20. The molecule has 1 aliphatic rings. The van der Waals surface area contributed by atoms with Crippen molar-refractivity contribution in [3.05, 3.63) is 34.9 Å². The molecule has 0 spiro atoms. The van der Waals surface area contributed by atoms with Crippen LogP contribution in [0.2, 0.25) is 5.02 Å². The number of amides is 1. The molecular formula is C14H19ClN2O2.